The molecular formula is C12H13NO2. The fourth-order valence-electron chi connectivity index (χ4n) is 1.68. The fourth-order valence-corrected chi connectivity index (χ4v) is 1.68. The molecule has 0 bridgehead atoms. The number of benzene rings is 1. The maximum atomic E-state index is 11.2. The van der Waals surface area contributed by atoms with E-state index in [1.807, 2.05) is 31.2 Å². The van der Waals surface area contributed by atoms with Gasteiger partial charge in [0, 0.05) is 12.1 Å². The Kier molecular flexibility index (Phi) is 2.81. The molecule has 0 saturated carbocycles. The molecule has 0 atom stereocenters. The first-order valence-corrected chi connectivity index (χ1v) is 5.09. The number of carbonyl (C=O) groups excluding carboxylic acids is 1. The molecule has 1 aromatic rings. The second-order valence-electron chi connectivity index (χ2n) is 3.47. The van der Waals surface area contributed by atoms with Gasteiger partial charge in [0.05, 0.1) is 18.7 Å². The first-order valence-electron chi connectivity index (χ1n) is 5.09. The normalized spacial score (nSPS) is 13.3. The minimum absolute atomic E-state index is 0.191. The van der Waals surface area contributed by atoms with Crippen LogP contribution >= 0.6 is 0 Å². The highest BCUT2D eigenvalue weighted by atomic mass is 16.5. The fraction of sp³-hybridized carbons (Fsp3) is 0.333. The molecule has 0 aliphatic carbocycles. The van der Waals surface area contributed by atoms with Crippen molar-refractivity contribution in [3.8, 4) is 0 Å². The van der Waals surface area contributed by atoms with Gasteiger partial charge in [-0.05, 0) is 18.6 Å². The van der Waals surface area contributed by atoms with Crippen molar-refractivity contribution in [3.63, 3.8) is 0 Å². The molecule has 3 nitrogen and oxygen atoms in total. The van der Waals surface area contributed by atoms with Gasteiger partial charge in [-0.1, -0.05) is 18.2 Å². The number of fused-ring (bicyclic) bond motifs is 1. The number of hydrogen-bond donors (Lipinski definition) is 0. The van der Waals surface area contributed by atoms with E-state index in [-0.39, 0.29) is 5.97 Å². The topological polar surface area (TPSA) is 38.7 Å². The van der Waals surface area contributed by atoms with Crippen LogP contribution in [-0.4, -0.2) is 18.3 Å². The molecule has 0 amide bonds. The van der Waals surface area contributed by atoms with Crippen molar-refractivity contribution < 1.29 is 9.53 Å². The maximum Gasteiger partial charge on any atom is 0.311 e. The highest BCUT2D eigenvalue weighted by Crippen LogP contribution is 2.26. The number of rotatable bonds is 3. The van der Waals surface area contributed by atoms with E-state index in [2.05, 4.69) is 4.99 Å². The predicted octanol–water partition coefficient (Wildman–Crippen LogP) is 2.27. The van der Waals surface area contributed by atoms with E-state index in [9.17, 15) is 4.79 Å². The highest BCUT2D eigenvalue weighted by Gasteiger charge is 2.16. The van der Waals surface area contributed by atoms with Crippen LogP contribution in [0.4, 0.5) is 5.69 Å². The van der Waals surface area contributed by atoms with E-state index in [4.69, 9.17) is 4.74 Å². The van der Waals surface area contributed by atoms with Gasteiger partial charge < -0.3 is 4.74 Å². The third-order valence-electron chi connectivity index (χ3n) is 2.32. The quantitative estimate of drug-likeness (QED) is 0.707. The largest absolute Gasteiger partial charge is 0.466 e. The van der Waals surface area contributed by atoms with Crippen LogP contribution in [-0.2, 0) is 16.0 Å². The molecule has 0 unspecified atom stereocenters. The third kappa shape index (κ3) is 2.24. The standard InChI is InChI=1S/C12H13NO2/c1-2-15-12(14)8-10-7-9-5-3-4-6-11(9)13-10/h3-6H,2,7-8H2,1H3. The van der Waals surface area contributed by atoms with Crippen molar-refractivity contribution >= 4 is 17.4 Å². The van der Waals surface area contributed by atoms with E-state index in [1.165, 1.54) is 5.56 Å². The Morgan fingerprint density at radius 3 is 3.00 bits per heavy atom. The summed E-state index contributed by atoms with van der Waals surface area (Å²) in [5.41, 5.74) is 3.07. The van der Waals surface area contributed by atoms with E-state index in [0.717, 1.165) is 17.8 Å². The molecule has 0 spiro atoms. The smallest absolute Gasteiger partial charge is 0.311 e. The van der Waals surface area contributed by atoms with Crippen LogP contribution in [0.2, 0.25) is 0 Å². The molecule has 2 rings (SSSR count). The monoisotopic (exact) mass is 203 g/mol. The van der Waals surface area contributed by atoms with Crippen molar-refractivity contribution in [2.24, 2.45) is 4.99 Å². The molecule has 0 aromatic heterocycles. The SMILES string of the molecule is CCOC(=O)CC1=Nc2ccccc2C1. The first-order chi connectivity index (χ1) is 7.29. The maximum absolute atomic E-state index is 11.2. The Hall–Kier alpha value is -1.64. The molecule has 0 fully saturated rings. The minimum atomic E-state index is -0.191. The lowest BCUT2D eigenvalue weighted by Gasteiger charge is -2.00. The van der Waals surface area contributed by atoms with Gasteiger partial charge in [-0.15, -0.1) is 0 Å². The lowest BCUT2D eigenvalue weighted by atomic mass is 10.1. The molecule has 0 saturated heterocycles. The van der Waals surface area contributed by atoms with Crippen molar-refractivity contribution in [3.05, 3.63) is 29.8 Å². The van der Waals surface area contributed by atoms with Gasteiger partial charge >= 0.3 is 5.97 Å². The average molecular weight is 203 g/mol. The zero-order chi connectivity index (χ0) is 10.7. The second-order valence-corrected chi connectivity index (χ2v) is 3.47. The molecule has 1 aromatic carbocycles. The number of carbonyl (C=O) groups is 1. The van der Waals surface area contributed by atoms with E-state index < -0.39 is 0 Å². The van der Waals surface area contributed by atoms with Gasteiger partial charge in [0.15, 0.2) is 0 Å². The van der Waals surface area contributed by atoms with Gasteiger partial charge in [0.2, 0.25) is 0 Å². The average Bonchev–Trinajstić information content (AvgIpc) is 2.59. The van der Waals surface area contributed by atoms with Crippen LogP contribution < -0.4 is 0 Å². The van der Waals surface area contributed by atoms with Gasteiger partial charge in [0.1, 0.15) is 0 Å². The summed E-state index contributed by atoms with van der Waals surface area (Å²) in [7, 11) is 0. The number of esters is 1. The first kappa shape index (κ1) is 9.90. The molecule has 0 radical (unpaired) electrons. The number of nitrogens with zero attached hydrogens (tertiary/aromatic N) is 1. The number of ether oxygens (including phenoxy) is 1. The van der Waals surface area contributed by atoms with E-state index in [1.54, 1.807) is 0 Å². The summed E-state index contributed by atoms with van der Waals surface area (Å²) in [6, 6.07) is 7.95. The van der Waals surface area contributed by atoms with E-state index >= 15 is 0 Å². The molecule has 0 N–H and O–H groups in total. The minimum Gasteiger partial charge on any atom is -0.466 e. The summed E-state index contributed by atoms with van der Waals surface area (Å²) in [4.78, 5) is 15.6. The molecule has 3 heteroatoms. The Morgan fingerprint density at radius 2 is 2.27 bits per heavy atom. The summed E-state index contributed by atoms with van der Waals surface area (Å²) >= 11 is 0. The molecule has 1 aliphatic rings. The Morgan fingerprint density at radius 1 is 1.47 bits per heavy atom. The van der Waals surface area contributed by atoms with Crippen LogP contribution in [0, 0.1) is 0 Å². The Bertz CT molecular complexity index is 410. The highest BCUT2D eigenvalue weighted by molar-refractivity contribution is 6.03. The summed E-state index contributed by atoms with van der Waals surface area (Å²) in [5.74, 6) is -0.191. The molecular weight excluding hydrogens is 190 g/mol. The van der Waals surface area contributed by atoms with Crippen LogP contribution in [0.15, 0.2) is 29.3 Å². The molecule has 1 heterocycles. The lowest BCUT2D eigenvalue weighted by molar-refractivity contribution is -0.141. The van der Waals surface area contributed by atoms with Crippen molar-refractivity contribution in [2.45, 2.75) is 19.8 Å². The van der Waals surface area contributed by atoms with Crippen LogP contribution in [0.25, 0.3) is 0 Å². The predicted molar refractivity (Wildman–Crippen MR) is 58.5 cm³/mol. The number of para-hydroxylation sites is 1. The molecule has 1 aliphatic heterocycles. The summed E-state index contributed by atoms with van der Waals surface area (Å²) < 4.78 is 4.88. The zero-order valence-corrected chi connectivity index (χ0v) is 8.69. The molecule has 15 heavy (non-hydrogen) atoms. The number of hydrogen-bond acceptors (Lipinski definition) is 3. The lowest BCUT2D eigenvalue weighted by Crippen LogP contribution is -2.10. The zero-order valence-electron chi connectivity index (χ0n) is 8.69. The van der Waals surface area contributed by atoms with Gasteiger partial charge in [0.25, 0.3) is 0 Å². The number of aliphatic imine (C=N–C) groups is 1. The van der Waals surface area contributed by atoms with Crippen LogP contribution in [0.5, 0.6) is 0 Å². The molecule has 78 valence electrons. The van der Waals surface area contributed by atoms with Crippen molar-refractivity contribution in [2.75, 3.05) is 6.61 Å². The van der Waals surface area contributed by atoms with Crippen LogP contribution in [0.3, 0.4) is 0 Å². The Labute approximate surface area is 88.8 Å². The van der Waals surface area contributed by atoms with Gasteiger partial charge in [-0.3, -0.25) is 9.79 Å². The summed E-state index contributed by atoms with van der Waals surface area (Å²) in [5, 5.41) is 0. The van der Waals surface area contributed by atoms with Crippen LogP contribution in [0.1, 0.15) is 18.9 Å². The van der Waals surface area contributed by atoms with Gasteiger partial charge in [-0.25, -0.2) is 0 Å². The van der Waals surface area contributed by atoms with Crippen molar-refractivity contribution in [1.82, 2.24) is 0 Å². The Balaban J connectivity index is 2.02. The van der Waals surface area contributed by atoms with E-state index in [0.29, 0.717) is 13.0 Å². The second kappa shape index (κ2) is 4.26. The third-order valence-corrected chi connectivity index (χ3v) is 2.32. The summed E-state index contributed by atoms with van der Waals surface area (Å²) in [6.07, 6.45) is 1.08. The van der Waals surface area contributed by atoms with Crippen molar-refractivity contribution in [1.29, 1.82) is 0 Å². The van der Waals surface area contributed by atoms with Gasteiger partial charge in [-0.2, -0.15) is 0 Å². The summed E-state index contributed by atoms with van der Waals surface area (Å²) in [6.45, 7) is 2.24.